The predicted molar refractivity (Wildman–Crippen MR) is 86.3 cm³/mol. The predicted octanol–water partition coefficient (Wildman–Crippen LogP) is 3.62. The molecule has 0 aromatic heterocycles. The van der Waals surface area contributed by atoms with Crippen molar-refractivity contribution in [2.45, 2.75) is 58.5 Å². The Hall–Kier alpha value is -1.59. The topological polar surface area (TPSA) is 54.0 Å². The first-order valence-electron chi connectivity index (χ1n) is 8.22. The van der Waals surface area contributed by atoms with Crippen LogP contribution in [-0.4, -0.2) is 31.1 Å². The van der Waals surface area contributed by atoms with E-state index in [1.807, 2.05) is 24.3 Å². The van der Waals surface area contributed by atoms with Gasteiger partial charge >= 0.3 is 5.97 Å². The van der Waals surface area contributed by atoms with Gasteiger partial charge in [0.15, 0.2) is 11.9 Å². The summed E-state index contributed by atoms with van der Waals surface area (Å²) in [4.78, 5) is 12.1. The summed E-state index contributed by atoms with van der Waals surface area (Å²) in [6.45, 7) is 8.51. The van der Waals surface area contributed by atoms with Gasteiger partial charge < -0.3 is 18.9 Å². The van der Waals surface area contributed by atoms with E-state index in [0.29, 0.717) is 13.2 Å². The van der Waals surface area contributed by atoms with Crippen LogP contribution in [-0.2, 0) is 19.0 Å². The van der Waals surface area contributed by atoms with Crippen molar-refractivity contribution in [3.8, 4) is 5.75 Å². The summed E-state index contributed by atoms with van der Waals surface area (Å²) in [5.74, 6) is -0.405. The molecule has 0 aliphatic carbocycles. The number of carbonyl (C=O) groups excluding carboxylic acids is 1. The molecule has 1 aliphatic heterocycles. The third-order valence-electron chi connectivity index (χ3n) is 3.59. The van der Waals surface area contributed by atoms with Gasteiger partial charge in [-0.3, -0.25) is 0 Å². The monoisotopic (exact) mass is 322 g/mol. The highest BCUT2D eigenvalue weighted by Crippen LogP contribution is 2.39. The summed E-state index contributed by atoms with van der Waals surface area (Å²) in [6, 6.07) is 7.59. The van der Waals surface area contributed by atoms with E-state index in [4.69, 9.17) is 18.9 Å². The number of hydrogen-bond donors (Lipinski definition) is 0. The van der Waals surface area contributed by atoms with Crippen LogP contribution in [0.1, 0.15) is 52.2 Å². The highest BCUT2D eigenvalue weighted by atomic mass is 16.8. The molecule has 1 aliphatic rings. The van der Waals surface area contributed by atoms with E-state index in [-0.39, 0.29) is 0 Å². The largest absolute Gasteiger partial charge is 0.494 e. The molecule has 0 amide bonds. The van der Waals surface area contributed by atoms with Crippen molar-refractivity contribution in [3.63, 3.8) is 0 Å². The van der Waals surface area contributed by atoms with Crippen molar-refractivity contribution < 1.29 is 23.7 Å². The van der Waals surface area contributed by atoms with Crippen molar-refractivity contribution in [2.24, 2.45) is 0 Å². The Kier molecular flexibility index (Phi) is 6.02. The Morgan fingerprint density at radius 2 is 1.87 bits per heavy atom. The Labute approximate surface area is 137 Å². The van der Waals surface area contributed by atoms with Crippen molar-refractivity contribution in [3.05, 3.63) is 29.8 Å². The van der Waals surface area contributed by atoms with E-state index in [9.17, 15) is 4.79 Å². The number of ether oxygens (including phenoxy) is 4. The molecule has 5 heteroatoms. The molecule has 5 nitrogen and oxygen atoms in total. The van der Waals surface area contributed by atoms with Crippen LogP contribution in [0.2, 0.25) is 0 Å². The molecule has 1 fully saturated rings. The Morgan fingerprint density at radius 1 is 1.17 bits per heavy atom. The molecule has 1 saturated heterocycles. The van der Waals surface area contributed by atoms with Gasteiger partial charge in [0.05, 0.1) is 13.2 Å². The van der Waals surface area contributed by atoms with Crippen molar-refractivity contribution >= 4 is 5.97 Å². The highest BCUT2D eigenvalue weighted by Gasteiger charge is 2.46. The minimum absolute atomic E-state index is 0.316. The van der Waals surface area contributed by atoms with Crippen LogP contribution in [0.5, 0.6) is 5.75 Å². The second kappa shape index (κ2) is 7.79. The second-order valence-electron chi connectivity index (χ2n) is 6.00. The fourth-order valence-electron chi connectivity index (χ4n) is 2.49. The lowest BCUT2D eigenvalue weighted by molar-refractivity contribution is -0.170. The molecule has 1 aromatic rings. The van der Waals surface area contributed by atoms with Crippen molar-refractivity contribution in [1.29, 1.82) is 0 Å². The number of rotatable bonds is 7. The first-order chi connectivity index (χ1) is 11.0. The lowest BCUT2D eigenvalue weighted by atomic mass is 10.0. The maximum Gasteiger partial charge on any atom is 0.338 e. The fraction of sp³-hybridized carbons (Fsp3) is 0.611. The molecular formula is C18H26O5. The third-order valence-corrected chi connectivity index (χ3v) is 3.59. The molecule has 0 radical (unpaired) electrons. The summed E-state index contributed by atoms with van der Waals surface area (Å²) in [5.41, 5.74) is 0.872. The lowest BCUT2D eigenvalue weighted by Gasteiger charge is -2.17. The quantitative estimate of drug-likeness (QED) is 0.567. The third kappa shape index (κ3) is 4.69. The smallest absolute Gasteiger partial charge is 0.338 e. The molecular weight excluding hydrogens is 296 g/mol. The van der Waals surface area contributed by atoms with E-state index in [1.54, 1.807) is 20.8 Å². The summed E-state index contributed by atoms with van der Waals surface area (Å²) >= 11 is 0. The number of benzene rings is 1. The van der Waals surface area contributed by atoms with Crippen LogP contribution in [0, 0.1) is 0 Å². The average molecular weight is 322 g/mol. The SMILES string of the molecule is CCCCOc1ccc([C@H]2OC(C)(C)O[C@@H]2C(=O)OCC)cc1. The summed E-state index contributed by atoms with van der Waals surface area (Å²) in [5, 5.41) is 0. The van der Waals surface area contributed by atoms with Gasteiger partial charge in [0.2, 0.25) is 0 Å². The zero-order valence-corrected chi connectivity index (χ0v) is 14.3. The molecule has 1 heterocycles. The molecule has 0 bridgehead atoms. The van der Waals surface area contributed by atoms with Crippen LogP contribution >= 0.6 is 0 Å². The minimum Gasteiger partial charge on any atom is -0.494 e. The van der Waals surface area contributed by atoms with Gasteiger partial charge in [0.25, 0.3) is 0 Å². The number of unbranched alkanes of at least 4 members (excludes halogenated alkanes) is 1. The molecule has 2 atom stereocenters. The minimum atomic E-state index is -0.821. The van der Waals surface area contributed by atoms with Crippen molar-refractivity contribution in [2.75, 3.05) is 13.2 Å². The summed E-state index contributed by atoms with van der Waals surface area (Å²) in [7, 11) is 0. The van der Waals surface area contributed by atoms with Gasteiger partial charge in [0, 0.05) is 0 Å². The van der Waals surface area contributed by atoms with E-state index in [2.05, 4.69) is 6.92 Å². The second-order valence-corrected chi connectivity index (χ2v) is 6.00. The first-order valence-corrected chi connectivity index (χ1v) is 8.22. The normalized spacial score (nSPS) is 22.8. The number of esters is 1. The molecule has 0 unspecified atom stereocenters. The molecule has 2 rings (SSSR count). The summed E-state index contributed by atoms with van der Waals surface area (Å²) < 4.78 is 22.3. The average Bonchev–Trinajstić information content (AvgIpc) is 2.84. The summed E-state index contributed by atoms with van der Waals surface area (Å²) in [6.07, 6.45) is 0.896. The van der Waals surface area contributed by atoms with E-state index in [1.165, 1.54) is 0 Å². The maximum atomic E-state index is 12.1. The zero-order valence-electron chi connectivity index (χ0n) is 14.3. The lowest BCUT2D eigenvalue weighted by Crippen LogP contribution is -2.29. The van der Waals surface area contributed by atoms with Gasteiger partial charge in [-0.15, -0.1) is 0 Å². The van der Waals surface area contributed by atoms with Crippen LogP contribution in [0.3, 0.4) is 0 Å². The first kappa shape index (κ1) is 17.8. The molecule has 0 spiro atoms. The number of carbonyl (C=O) groups is 1. The zero-order chi connectivity index (χ0) is 16.9. The van der Waals surface area contributed by atoms with Crippen molar-refractivity contribution in [1.82, 2.24) is 0 Å². The van der Waals surface area contributed by atoms with Gasteiger partial charge in [-0.2, -0.15) is 0 Å². The Bertz CT molecular complexity index is 509. The van der Waals surface area contributed by atoms with Crippen LogP contribution in [0.25, 0.3) is 0 Å². The maximum absolute atomic E-state index is 12.1. The fourth-order valence-corrected chi connectivity index (χ4v) is 2.49. The van der Waals surface area contributed by atoms with E-state index < -0.39 is 24.0 Å². The molecule has 1 aromatic carbocycles. The van der Waals surface area contributed by atoms with Gasteiger partial charge in [-0.1, -0.05) is 25.5 Å². The molecule has 0 saturated carbocycles. The van der Waals surface area contributed by atoms with Crippen LogP contribution in [0.15, 0.2) is 24.3 Å². The van der Waals surface area contributed by atoms with Gasteiger partial charge in [0.1, 0.15) is 11.9 Å². The standard InChI is InChI=1S/C18H26O5/c1-5-7-12-21-14-10-8-13(9-11-14)15-16(17(19)20-6-2)23-18(3,4)22-15/h8-11,15-16H,5-7,12H2,1-4H3/t15-,16+/m1/s1. The number of hydrogen-bond acceptors (Lipinski definition) is 5. The molecule has 23 heavy (non-hydrogen) atoms. The van der Waals surface area contributed by atoms with E-state index in [0.717, 1.165) is 24.2 Å². The Balaban J connectivity index is 2.09. The molecule has 128 valence electrons. The van der Waals surface area contributed by atoms with Crippen LogP contribution < -0.4 is 4.74 Å². The Morgan fingerprint density at radius 3 is 2.48 bits per heavy atom. The highest BCUT2D eigenvalue weighted by molar-refractivity contribution is 5.76. The van der Waals surface area contributed by atoms with Crippen LogP contribution in [0.4, 0.5) is 0 Å². The van der Waals surface area contributed by atoms with Gasteiger partial charge in [-0.05, 0) is 44.9 Å². The van der Waals surface area contributed by atoms with E-state index >= 15 is 0 Å². The van der Waals surface area contributed by atoms with Gasteiger partial charge in [-0.25, -0.2) is 4.79 Å². The molecule has 0 N–H and O–H groups in total.